The zero-order valence-corrected chi connectivity index (χ0v) is 23.2. The van der Waals surface area contributed by atoms with E-state index in [4.69, 9.17) is 4.74 Å². The minimum absolute atomic E-state index is 0.0155. The molecule has 2 aromatic carbocycles. The van der Waals surface area contributed by atoms with Crippen LogP contribution in [0.3, 0.4) is 0 Å². The van der Waals surface area contributed by atoms with E-state index in [1.165, 1.54) is 29.7 Å². The molecule has 7 rings (SSSR count). The molecular weight excluding hydrogens is 512 g/mol. The molecule has 5 nitrogen and oxygen atoms in total. The molecule has 4 aliphatic rings. The summed E-state index contributed by atoms with van der Waals surface area (Å²) in [6, 6.07) is 16.9. The predicted molar refractivity (Wildman–Crippen MR) is 147 cm³/mol. The van der Waals surface area contributed by atoms with Crippen LogP contribution in [0.25, 0.3) is 5.69 Å². The second kappa shape index (κ2) is 9.86. The molecule has 0 amide bonds. The fraction of sp³-hybridized carbons (Fsp3) is 0.455. The third kappa shape index (κ3) is 4.63. The van der Waals surface area contributed by atoms with E-state index < -0.39 is 12.0 Å². The molecule has 0 radical (unpaired) electrons. The van der Waals surface area contributed by atoms with Crippen molar-refractivity contribution in [2.45, 2.75) is 71.3 Å². The van der Waals surface area contributed by atoms with E-state index in [-0.39, 0.29) is 29.5 Å². The molecule has 210 valence electrons. The third-order valence-corrected chi connectivity index (χ3v) is 9.54. The fourth-order valence-electron chi connectivity index (χ4n) is 8.33. The number of ether oxygens (including phenoxy) is 2. The zero-order valence-electron chi connectivity index (χ0n) is 23.2. The van der Waals surface area contributed by atoms with E-state index in [1.807, 2.05) is 18.4 Å². The second-order valence-corrected chi connectivity index (χ2v) is 12.4. The summed E-state index contributed by atoms with van der Waals surface area (Å²) < 4.78 is 37.2. The lowest BCUT2D eigenvalue weighted by atomic mass is 9.43. The van der Waals surface area contributed by atoms with Gasteiger partial charge in [-0.05, 0) is 112 Å². The summed E-state index contributed by atoms with van der Waals surface area (Å²) in [5.41, 5.74) is 4.79. The largest absolute Gasteiger partial charge is 0.457 e. The van der Waals surface area contributed by atoms with Crippen molar-refractivity contribution in [1.82, 2.24) is 4.57 Å². The molecule has 40 heavy (non-hydrogen) atoms. The first-order valence-corrected chi connectivity index (χ1v) is 14.1. The standard InChI is InChI=1S/C33H35F2NO4/c1-20-4-6-25(7-5-20)32-14-23-13-24(15-32)17-33(16-23,19-32)30(38)39-18-29(37)28-12-21(2)36(22(28)3)26-8-10-27(11-9-26)40-31(34)35/h4-12,23-24,31H,13-19H2,1-3H3/t23-,24+,32?,33?. The van der Waals surface area contributed by atoms with Gasteiger partial charge in [0, 0.05) is 22.6 Å². The topological polar surface area (TPSA) is 57.5 Å². The lowest BCUT2D eigenvalue weighted by Gasteiger charge is -2.61. The summed E-state index contributed by atoms with van der Waals surface area (Å²) in [5, 5.41) is 0. The van der Waals surface area contributed by atoms with Crippen molar-refractivity contribution in [1.29, 1.82) is 0 Å². The number of hydrogen-bond donors (Lipinski definition) is 0. The summed E-state index contributed by atoms with van der Waals surface area (Å²) in [5.74, 6) is 0.626. The Hall–Kier alpha value is -3.48. The lowest BCUT2D eigenvalue weighted by Crippen LogP contribution is -2.57. The van der Waals surface area contributed by atoms with Crippen LogP contribution in [0.5, 0.6) is 5.75 Å². The molecule has 4 bridgehead atoms. The average molecular weight is 548 g/mol. The van der Waals surface area contributed by atoms with Crippen LogP contribution >= 0.6 is 0 Å². The summed E-state index contributed by atoms with van der Waals surface area (Å²) in [7, 11) is 0. The Morgan fingerprint density at radius 2 is 1.60 bits per heavy atom. The average Bonchev–Trinajstić information content (AvgIpc) is 3.20. The highest BCUT2D eigenvalue weighted by molar-refractivity contribution is 5.99. The Bertz CT molecular complexity index is 1430. The van der Waals surface area contributed by atoms with Crippen LogP contribution in [0.15, 0.2) is 54.6 Å². The van der Waals surface area contributed by atoms with E-state index in [0.29, 0.717) is 23.1 Å². The molecule has 0 aliphatic heterocycles. The first-order chi connectivity index (χ1) is 19.1. The predicted octanol–water partition coefficient (Wildman–Crippen LogP) is 7.27. The molecule has 4 fully saturated rings. The Balaban J connectivity index is 1.17. The molecule has 1 aromatic heterocycles. The van der Waals surface area contributed by atoms with Gasteiger partial charge in [0.2, 0.25) is 5.78 Å². The van der Waals surface area contributed by atoms with Gasteiger partial charge in [0.25, 0.3) is 0 Å². The van der Waals surface area contributed by atoms with Crippen molar-refractivity contribution in [2.24, 2.45) is 17.3 Å². The number of ketones is 1. The molecule has 4 aliphatic carbocycles. The van der Waals surface area contributed by atoms with E-state index in [2.05, 4.69) is 35.9 Å². The smallest absolute Gasteiger partial charge is 0.387 e. The van der Waals surface area contributed by atoms with Gasteiger partial charge in [-0.1, -0.05) is 29.8 Å². The van der Waals surface area contributed by atoms with Crippen LogP contribution < -0.4 is 4.74 Å². The van der Waals surface area contributed by atoms with Crippen molar-refractivity contribution < 1.29 is 27.8 Å². The number of rotatable bonds is 8. The van der Waals surface area contributed by atoms with Gasteiger partial charge in [0.1, 0.15) is 5.75 Å². The van der Waals surface area contributed by atoms with Crippen LogP contribution in [0.4, 0.5) is 8.78 Å². The number of benzene rings is 2. The van der Waals surface area contributed by atoms with Gasteiger partial charge in [-0.2, -0.15) is 8.78 Å². The van der Waals surface area contributed by atoms with Crippen molar-refractivity contribution in [3.63, 3.8) is 0 Å². The van der Waals surface area contributed by atoms with E-state index >= 15 is 0 Å². The first kappa shape index (κ1) is 26.7. The van der Waals surface area contributed by atoms with Crippen LogP contribution in [-0.4, -0.2) is 29.5 Å². The Morgan fingerprint density at radius 1 is 0.950 bits per heavy atom. The summed E-state index contributed by atoms with van der Waals surface area (Å²) in [4.78, 5) is 27.0. The molecule has 4 saturated carbocycles. The molecule has 0 saturated heterocycles. The third-order valence-electron chi connectivity index (χ3n) is 9.54. The summed E-state index contributed by atoms with van der Waals surface area (Å²) in [6.45, 7) is 2.62. The molecule has 1 heterocycles. The highest BCUT2D eigenvalue weighted by Crippen LogP contribution is 2.66. The highest BCUT2D eigenvalue weighted by Gasteiger charge is 2.61. The molecule has 7 heteroatoms. The zero-order chi connectivity index (χ0) is 28.2. The maximum Gasteiger partial charge on any atom is 0.387 e. The number of halogens is 2. The molecule has 0 N–H and O–H groups in total. The molecule has 3 aromatic rings. The molecule has 2 unspecified atom stereocenters. The first-order valence-electron chi connectivity index (χ1n) is 14.1. The number of aryl methyl sites for hydroxylation is 2. The van der Waals surface area contributed by atoms with Crippen LogP contribution in [0, 0.1) is 38.0 Å². The van der Waals surface area contributed by atoms with Crippen molar-refractivity contribution in [3.8, 4) is 11.4 Å². The molecule has 4 atom stereocenters. The number of carbonyl (C=O) groups excluding carboxylic acids is 2. The fourth-order valence-corrected chi connectivity index (χ4v) is 8.33. The summed E-state index contributed by atoms with van der Waals surface area (Å²) >= 11 is 0. The van der Waals surface area contributed by atoms with Crippen LogP contribution in [0.2, 0.25) is 0 Å². The quantitative estimate of drug-likeness (QED) is 0.220. The lowest BCUT2D eigenvalue weighted by molar-refractivity contribution is -0.172. The minimum Gasteiger partial charge on any atom is -0.457 e. The van der Waals surface area contributed by atoms with E-state index in [9.17, 15) is 18.4 Å². The number of nitrogens with zero attached hydrogens (tertiary/aromatic N) is 1. The van der Waals surface area contributed by atoms with Gasteiger partial charge in [-0.15, -0.1) is 0 Å². The minimum atomic E-state index is -2.89. The highest BCUT2D eigenvalue weighted by atomic mass is 19.3. The SMILES string of the molecule is Cc1ccc(C23C[C@@H]4C[C@@H](CC(C(=O)OCC(=O)c5cc(C)n(-c6ccc(OC(F)F)cc6)c5C)(C4)C2)C3)cc1. The van der Waals surface area contributed by atoms with Crippen molar-refractivity contribution >= 4 is 11.8 Å². The summed E-state index contributed by atoms with van der Waals surface area (Å²) in [6.07, 6.45) is 5.93. The maximum absolute atomic E-state index is 13.7. The number of carbonyl (C=O) groups is 2. The molecular formula is C33H35F2NO4. The monoisotopic (exact) mass is 547 g/mol. The van der Waals surface area contributed by atoms with Gasteiger partial charge >= 0.3 is 12.6 Å². The number of hydrogen-bond acceptors (Lipinski definition) is 4. The van der Waals surface area contributed by atoms with Gasteiger partial charge in [-0.3, -0.25) is 9.59 Å². The Kier molecular flexibility index (Phi) is 6.59. The van der Waals surface area contributed by atoms with E-state index in [1.54, 1.807) is 18.2 Å². The Labute approximate surface area is 233 Å². The van der Waals surface area contributed by atoms with E-state index in [0.717, 1.165) is 43.5 Å². The van der Waals surface area contributed by atoms with Gasteiger partial charge in [0.05, 0.1) is 5.41 Å². The number of esters is 1. The Morgan fingerprint density at radius 3 is 2.23 bits per heavy atom. The van der Waals surface area contributed by atoms with Gasteiger partial charge in [-0.25, -0.2) is 0 Å². The van der Waals surface area contributed by atoms with Crippen molar-refractivity contribution in [2.75, 3.05) is 6.61 Å². The van der Waals surface area contributed by atoms with Gasteiger partial charge < -0.3 is 14.0 Å². The maximum atomic E-state index is 13.7. The number of aromatic nitrogens is 1. The van der Waals surface area contributed by atoms with Crippen LogP contribution in [0.1, 0.15) is 71.4 Å². The number of alkyl halides is 2. The molecule has 0 spiro atoms. The second-order valence-electron chi connectivity index (χ2n) is 12.4. The number of Topliss-reactive ketones (excluding diaryl/α,β-unsaturated/α-hetero) is 1. The van der Waals surface area contributed by atoms with Crippen LogP contribution in [-0.2, 0) is 14.9 Å². The van der Waals surface area contributed by atoms with Crippen molar-refractivity contribution in [3.05, 3.63) is 82.7 Å². The normalized spacial score (nSPS) is 26.8. The van der Waals surface area contributed by atoms with Gasteiger partial charge in [0.15, 0.2) is 6.61 Å².